The van der Waals surface area contributed by atoms with Crippen molar-refractivity contribution in [2.45, 2.75) is 0 Å². The topological polar surface area (TPSA) is 92.7 Å². The Bertz CT molecular complexity index is 2030. The summed E-state index contributed by atoms with van der Waals surface area (Å²) in [6.45, 7) is 0. The summed E-state index contributed by atoms with van der Waals surface area (Å²) in [5.74, 6) is 1.76. The molecule has 7 nitrogen and oxygen atoms in total. The first-order valence-corrected chi connectivity index (χ1v) is 13.0. The van der Waals surface area contributed by atoms with Crippen molar-refractivity contribution in [1.82, 2.24) is 34.9 Å². The number of benzene rings is 4. The van der Waals surface area contributed by atoms with Crippen LogP contribution in [0.5, 0.6) is 0 Å². The summed E-state index contributed by atoms with van der Waals surface area (Å²) in [4.78, 5) is 34.7. The van der Waals surface area contributed by atoms with E-state index in [1.807, 2.05) is 91.0 Å². The van der Waals surface area contributed by atoms with Crippen LogP contribution in [0.2, 0.25) is 0 Å². The fourth-order valence-electron chi connectivity index (χ4n) is 5.62. The zero-order chi connectivity index (χ0) is 26.2. The van der Waals surface area contributed by atoms with Gasteiger partial charge in [0.1, 0.15) is 0 Å². The quantitative estimate of drug-likeness (QED) is 0.185. The van der Waals surface area contributed by atoms with Gasteiger partial charge in [-0.1, -0.05) is 97.1 Å². The van der Waals surface area contributed by atoms with Crippen molar-refractivity contribution >= 4 is 44.0 Å². The average molecular weight is 577 g/mol. The fraction of sp³-hybridized carbons (Fsp3) is 0. The van der Waals surface area contributed by atoms with Crippen molar-refractivity contribution in [3.63, 3.8) is 0 Å². The summed E-state index contributed by atoms with van der Waals surface area (Å²) in [5.41, 5.74) is 7.15. The smallest absolute Gasteiger partial charge is 0.435 e. The third-order valence-corrected chi connectivity index (χ3v) is 7.49. The molecule has 2 aliphatic rings. The molecule has 0 fully saturated rings. The predicted molar refractivity (Wildman–Crippen MR) is 156 cm³/mol. The molecule has 7 aromatic rings. The molecular weight excluding hydrogens is 560 g/mol. The maximum absolute atomic E-state index is 4.99. The van der Waals surface area contributed by atoms with E-state index in [1.54, 1.807) is 0 Å². The molecule has 2 aliphatic heterocycles. The monoisotopic (exact) mass is 575 g/mol. The Morgan fingerprint density at radius 2 is 0.805 bits per heavy atom. The third-order valence-electron chi connectivity index (χ3n) is 7.49. The van der Waals surface area contributed by atoms with E-state index in [0.717, 1.165) is 55.0 Å². The van der Waals surface area contributed by atoms with Gasteiger partial charge in [-0.2, -0.15) is 0 Å². The van der Waals surface area contributed by atoms with E-state index in [4.69, 9.17) is 34.9 Å². The van der Waals surface area contributed by atoms with Crippen LogP contribution in [0, 0.1) is 0 Å². The molecule has 0 spiro atoms. The summed E-state index contributed by atoms with van der Waals surface area (Å²) < 4.78 is 0. The van der Waals surface area contributed by atoms with E-state index in [9.17, 15) is 0 Å². The standard InChI is InChI=1S/C33H17N7.Zn/c1-3-11-20-18(9-1)26-17-27-19-10-2-4-12-21(19)29(35-27)37-31-23-14-6-8-16-25(23)33(39-31)40-32-24-15-7-5-13-22(24)30(38-32)36-28(20)34-26;/h1-17H;/q-2;+2. The number of hydrogen-bond acceptors (Lipinski definition) is 5. The third kappa shape index (κ3) is 3.58. The molecule has 0 amide bonds. The molecule has 0 unspecified atom stereocenters. The molecule has 0 saturated heterocycles. The summed E-state index contributed by atoms with van der Waals surface area (Å²) in [5, 5.41) is 3.78. The van der Waals surface area contributed by atoms with E-state index in [0.29, 0.717) is 34.4 Å². The molecule has 0 radical (unpaired) electrons. The Kier molecular flexibility index (Phi) is 5.21. The van der Waals surface area contributed by atoms with Crippen LogP contribution in [0.1, 0.15) is 0 Å². The molecule has 3 aromatic heterocycles. The van der Waals surface area contributed by atoms with Crippen molar-refractivity contribution in [3.05, 3.63) is 103 Å². The predicted octanol–water partition coefficient (Wildman–Crippen LogP) is 6.73. The molecular formula is C33H17N7Zn. The molecule has 0 N–H and O–H groups in total. The van der Waals surface area contributed by atoms with Gasteiger partial charge >= 0.3 is 19.5 Å². The minimum absolute atomic E-state index is 0. The maximum atomic E-state index is 4.99. The number of nitrogens with zero attached hydrogens (tertiary/aromatic N) is 7. The van der Waals surface area contributed by atoms with Crippen molar-refractivity contribution in [1.29, 1.82) is 0 Å². The first-order valence-electron chi connectivity index (χ1n) is 13.0. The molecule has 4 aromatic carbocycles. The Hall–Kier alpha value is -5.07. The second kappa shape index (κ2) is 8.98. The summed E-state index contributed by atoms with van der Waals surface area (Å²) in [6, 6.07) is 34.3. The molecule has 8 heteroatoms. The van der Waals surface area contributed by atoms with Gasteiger partial charge in [0.05, 0.1) is 23.2 Å². The van der Waals surface area contributed by atoms with Gasteiger partial charge in [0.2, 0.25) is 0 Å². The van der Waals surface area contributed by atoms with Gasteiger partial charge < -0.3 is 24.9 Å². The van der Waals surface area contributed by atoms with Crippen LogP contribution < -0.4 is 9.97 Å². The molecule has 0 saturated carbocycles. The molecule has 8 bridgehead atoms. The molecule has 5 heterocycles. The largest absolute Gasteiger partial charge is 2.00 e. The normalized spacial score (nSPS) is 11.7. The van der Waals surface area contributed by atoms with E-state index in [1.165, 1.54) is 0 Å². The van der Waals surface area contributed by atoms with Crippen LogP contribution in [-0.4, -0.2) is 24.9 Å². The zero-order valence-corrected chi connectivity index (χ0v) is 24.6. The minimum Gasteiger partial charge on any atom is -0.435 e. The molecule has 0 aliphatic carbocycles. The minimum atomic E-state index is 0. The molecule has 0 atom stereocenters. The Balaban J connectivity index is 0.00000256. The summed E-state index contributed by atoms with van der Waals surface area (Å²) >= 11 is 0. The van der Waals surface area contributed by atoms with Gasteiger partial charge in [-0.15, -0.1) is 0 Å². The number of hydrogen-bond donors (Lipinski definition) is 0. The van der Waals surface area contributed by atoms with Crippen molar-refractivity contribution in [2.75, 3.05) is 0 Å². The van der Waals surface area contributed by atoms with Crippen LogP contribution in [0.15, 0.2) is 103 Å². The van der Waals surface area contributed by atoms with Crippen LogP contribution in [0.4, 0.5) is 0 Å². The second-order valence-corrected chi connectivity index (χ2v) is 9.82. The Morgan fingerprint density at radius 1 is 0.390 bits per heavy atom. The van der Waals surface area contributed by atoms with Crippen LogP contribution in [0.25, 0.3) is 89.4 Å². The van der Waals surface area contributed by atoms with Gasteiger partial charge in [-0.25, -0.2) is 9.97 Å². The zero-order valence-electron chi connectivity index (χ0n) is 21.7. The van der Waals surface area contributed by atoms with Crippen molar-refractivity contribution in [3.8, 4) is 45.4 Å². The van der Waals surface area contributed by atoms with Crippen LogP contribution in [-0.2, 0) is 19.5 Å². The number of fused-ring (bicyclic) bond motifs is 20. The fourth-order valence-corrected chi connectivity index (χ4v) is 5.62. The van der Waals surface area contributed by atoms with Crippen molar-refractivity contribution < 1.29 is 19.5 Å². The second-order valence-electron chi connectivity index (χ2n) is 9.82. The van der Waals surface area contributed by atoms with Gasteiger partial charge in [0.25, 0.3) is 0 Å². The van der Waals surface area contributed by atoms with Crippen LogP contribution >= 0.6 is 0 Å². The van der Waals surface area contributed by atoms with Gasteiger partial charge in [-0.3, -0.25) is 0 Å². The van der Waals surface area contributed by atoms with E-state index in [2.05, 4.69) is 12.1 Å². The van der Waals surface area contributed by atoms with E-state index >= 15 is 0 Å². The SMILES string of the molecule is [Zn+2].c1ccc2c(c1)-c1cc3[n-]c(nc4nc(nc5[n-]c(nc-2n1)c1ccccc51)-c1ccccc1-4)c1ccccc31. The van der Waals surface area contributed by atoms with Gasteiger partial charge in [-0.05, 0) is 38.8 Å². The van der Waals surface area contributed by atoms with Gasteiger partial charge in [0, 0.05) is 33.5 Å². The summed E-state index contributed by atoms with van der Waals surface area (Å²) in [6.07, 6.45) is 0. The van der Waals surface area contributed by atoms with Crippen LogP contribution in [0.3, 0.4) is 0 Å². The van der Waals surface area contributed by atoms with Crippen molar-refractivity contribution in [2.24, 2.45) is 0 Å². The first kappa shape index (κ1) is 23.8. The number of aromatic nitrogens is 7. The molecule has 186 valence electrons. The van der Waals surface area contributed by atoms with E-state index < -0.39 is 0 Å². The maximum Gasteiger partial charge on any atom is 2.00 e. The average Bonchev–Trinajstić information content (AvgIpc) is 3.73. The Morgan fingerprint density at radius 3 is 1.39 bits per heavy atom. The van der Waals surface area contributed by atoms with Gasteiger partial charge in [0.15, 0.2) is 0 Å². The summed E-state index contributed by atoms with van der Waals surface area (Å²) in [7, 11) is 0. The molecule has 41 heavy (non-hydrogen) atoms. The molecule has 9 rings (SSSR count). The number of rotatable bonds is 0. The Labute approximate surface area is 246 Å². The first-order chi connectivity index (χ1) is 19.8. The van der Waals surface area contributed by atoms with E-state index in [-0.39, 0.29) is 19.5 Å².